The topological polar surface area (TPSA) is 74.1 Å². The van der Waals surface area contributed by atoms with Gasteiger partial charge in [0.1, 0.15) is 6.61 Å². The van der Waals surface area contributed by atoms with Crippen LogP contribution in [0.2, 0.25) is 0 Å². The number of halogens is 1. The van der Waals surface area contributed by atoms with Gasteiger partial charge in [0.2, 0.25) is 5.95 Å². The van der Waals surface area contributed by atoms with Crippen molar-refractivity contribution in [3.8, 4) is 11.5 Å². The number of nitrogens with zero attached hydrogens (tertiary/aromatic N) is 4. The molecule has 0 aliphatic rings. The van der Waals surface area contributed by atoms with Gasteiger partial charge in [0.15, 0.2) is 11.5 Å². The van der Waals surface area contributed by atoms with Crippen molar-refractivity contribution in [3.05, 3.63) is 70.2 Å². The third-order valence-electron chi connectivity index (χ3n) is 4.12. The third kappa shape index (κ3) is 4.89. The molecule has 0 aliphatic carbocycles. The van der Waals surface area contributed by atoms with Crippen LogP contribution in [0.5, 0.6) is 11.5 Å². The second-order valence-electron chi connectivity index (χ2n) is 6.20. The van der Waals surface area contributed by atoms with Crippen molar-refractivity contribution in [1.82, 2.24) is 20.2 Å². The highest BCUT2D eigenvalue weighted by Gasteiger charge is 2.12. The number of ether oxygens (including phenoxy) is 2. The van der Waals surface area contributed by atoms with Gasteiger partial charge in [0.05, 0.1) is 13.7 Å². The highest BCUT2D eigenvalue weighted by molar-refractivity contribution is 9.10. The number of rotatable bonds is 9. The van der Waals surface area contributed by atoms with E-state index in [1.807, 2.05) is 12.1 Å². The average molecular weight is 444 g/mol. The number of hydrogen-bond acceptors (Lipinski definition) is 6. The van der Waals surface area contributed by atoms with Gasteiger partial charge in [-0.05, 0) is 40.6 Å². The van der Waals surface area contributed by atoms with Gasteiger partial charge < -0.3 is 14.8 Å². The minimum atomic E-state index is 0.469. The number of aryl methyl sites for hydroxylation is 1. The molecule has 0 saturated carbocycles. The van der Waals surface area contributed by atoms with Crippen molar-refractivity contribution in [1.29, 1.82) is 0 Å². The van der Waals surface area contributed by atoms with Crippen LogP contribution in [-0.4, -0.2) is 27.3 Å². The van der Waals surface area contributed by atoms with Gasteiger partial charge in [-0.15, -0.1) is 6.58 Å². The first-order valence-corrected chi connectivity index (χ1v) is 9.55. The van der Waals surface area contributed by atoms with E-state index in [9.17, 15) is 0 Å². The molecule has 28 heavy (non-hydrogen) atoms. The third-order valence-corrected chi connectivity index (χ3v) is 4.86. The van der Waals surface area contributed by atoms with Crippen molar-refractivity contribution in [3.63, 3.8) is 0 Å². The lowest BCUT2D eigenvalue weighted by Crippen LogP contribution is -2.09. The predicted molar refractivity (Wildman–Crippen MR) is 112 cm³/mol. The number of benzene rings is 2. The molecule has 0 fully saturated rings. The number of hydrogen-bond donors (Lipinski definition) is 1. The smallest absolute Gasteiger partial charge is 0.243 e. The zero-order valence-corrected chi connectivity index (χ0v) is 17.4. The van der Waals surface area contributed by atoms with Gasteiger partial charge in [-0.3, -0.25) is 0 Å². The van der Waals surface area contributed by atoms with Gasteiger partial charge in [0, 0.05) is 11.0 Å². The van der Waals surface area contributed by atoms with Crippen LogP contribution in [0, 0.1) is 6.92 Å². The van der Waals surface area contributed by atoms with Crippen molar-refractivity contribution in [2.75, 3.05) is 12.4 Å². The first-order valence-electron chi connectivity index (χ1n) is 8.76. The Bertz CT molecular complexity index is 940. The maximum Gasteiger partial charge on any atom is 0.243 e. The molecule has 0 bridgehead atoms. The standard InChI is InChI=1S/C20H22BrN5O2/c1-4-9-26-20(23-24-25-26)22-12-16-10-18(27-3)19(11-17(16)21)28-13-15-7-5-14(2)6-8-15/h4-8,10-11H,1,9,12-13H2,2-3H3,(H,22,23,25). The van der Waals surface area contributed by atoms with Gasteiger partial charge in [-0.2, -0.15) is 0 Å². The Labute approximate surface area is 172 Å². The molecule has 0 radical (unpaired) electrons. The van der Waals surface area contributed by atoms with E-state index in [0.717, 1.165) is 15.6 Å². The minimum absolute atomic E-state index is 0.469. The molecule has 1 heterocycles. The second kappa shape index (κ2) is 9.36. The molecular weight excluding hydrogens is 422 g/mol. The highest BCUT2D eigenvalue weighted by atomic mass is 79.9. The summed E-state index contributed by atoms with van der Waals surface area (Å²) in [5.74, 6) is 1.92. The van der Waals surface area contributed by atoms with Crippen molar-refractivity contribution >= 4 is 21.9 Å². The Kier molecular flexibility index (Phi) is 6.65. The number of methoxy groups -OCH3 is 1. The van der Waals surface area contributed by atoms with Crippen molar-refractivity contribution in [2.24, 2.45) is 0 Å². The first-order chi connectivity index (χ1) is 13.6. The van der Waals surface area contributed by atoms with Crippen LogP contribution in [0.3, 0.4) is 0 Å². The van der Waals surface area contributed by atoms with E-state index in [1.54, 1.807) is 17.9 Å². The molecule has 0 saturated heterocycles. The van der Waals surface area contributed by atoms with E-state index >= 15 is 0 Å². The van der Waals surface area contributed by atoms with Crippen molar-refractivity contribution < 1.29 is 9.47 Å². The number of aromatic nitrogens is 4. The Morgan fingerprint density at radius 2 is 2.00 bits per heavy atom. The number of nitrogens with one attached hydrogen (secondary N) is 1. The molecule has 0 unspecified atom stereocenters. The molecule has 0 amide bonds. The van der Waals surface area contributed by atoms with Gasteiger partial charge in [-0.25, -0.2) is 4.68 Å². The number of tetrazole rings is 1. The average Bonchev–Trinajstić information content (AvgIpc) is 3.14. The Morgan fingerprint density at radius 1 is 1.21 bits per heavy atom. The Morgan fingerprint density at radius 3 is 2.71 bits per heavy atom. The molecule has 0 aliphatic heterocycles. The predicted octanol–water partition coefficient (Wildman–Crippen LogP) is 4.13. The SMILES string of the molecule is C=CCn1nnnc1NCc1cc(OC)c(OCc2ccc(C)cc2)cc1Br. The summed E-state index contributed by atoms with van der Waals surface area (Å²) in [7, 11) is 1.63. The van der Waals surface area contributed by atoms with Crippen LogP contribution >= 0.6 is 15.9 Å². The number of allylic oxidation sites excluding steroid dienone is 1. The van der Waals surface area contributed by atoms with Gasteiger partial charge in [-0.1, -0.05) is 56.9 Å². The van der Waals surface area contributed by atoms with E-state index in [-0.39, 0.29) is 0 Å². The summed E-state index contributed by atoms with van der Waals surface area (Å²) in [6.45, 7) is 7.29. The summed E-state index contributed by atoms with van der Waals surface area (Å²) in [6.07, 6.45) is 1.74. The molecular formula is C20H22BrN5O2. The largest absolute Gasteiger partial charge is 0.493 e. The van der Waals surface area contributed by atoms with Crippen molar-refractivity contribution in [2.45, 2.75) is 26.6 Å². The fraction of sp³-hybridized carbons (Fsp3) is 0.250. The van der Waals surface area contributed by atoms with Gasteiger partial charge in [0.25, 0.3) is 0 Å². The molecule has 3 aromatic rings. The molecule has 3 rings (SSSR count). The first kappa shape index (κ1) is 19.9. The lowest BCUT2D eigenvalue weighted by atomic mass is 10.1. The molecule has 2 aromatic carbocycles. The Hall–Kier alpha value is -2.87. The van der Waals surface area contributed by atoms with Crippen LogP contribution < -0.4 is 14.8 Å². The summed E-state index contributed by atoms with van der Waals surface area (Å²) >= 11 is 3.61. The van der Waals surface area contributed by atoms with E-state index in [1.165, 1.54) is 5.56 Å². The van der Waals surface area contributed by atoms with Gasteiger partial charge >= 0.3 is 0 Å². The number of anilines is 1. The molecule has 0 atom stereocenters. The zero-order valence-electron chi connectivity index (χ0n) is 15.9. The quantitative estimate of drug-likeness (QED) is 0.501. The monoisotopic (exact) mass is 443 g/mol. The summed E-state index contributed by atoms with van der Waals surface area (Å²) < 4.78 is 14.0. The fourth-order valence-electron chi connectivity index (χ4n) is 2.58. The highest BCUT2D eigenvalue weighted by Crippen LogP contribution is 2.34. The second-order valence-corrected chi connectivity index (χ2v) is 7.05. The fourth-order valence-corrected chi connectivity index (χ4v) is 3.04. The lowest BCUT2D eigenvalue weighted by Gasteiger charge is -2.15. The lowest BCUT2D eigenvalue weighted by molar-refractivity contribution is 0.284. The van der Waals surface area contributed by atoms with E-state index in [4.69, 9.17) is 9.47 Å². The molecule has 1 aromatic heterocycles. The minimum Gasteiger partial charge on any atom is -0.493 e. The van der Waals surface area contributed by atoms with E-state index in [0.29, 0.717) is 37.1 Å². The molecule has 7 nitrogen and oxygen atoms in total. The van der Waals surface area contributed by atoms with Crippen LogP contribution in [0.4, 0.5) is 5.95 Å². The molecule has 1 N–H and O–H groups in total. The normalized spacial score (nSPS) is 10.5. The van der Waals surface area contributed by atoms with E-state index < -0.39 is 0 Å². The summed E-state index contributed by atoms with van der Waals surface area (Å²) in [5.41, 5.74) is 3.32. The molecule has 0 spiro atoms. The summed E-state index contributed by atoms with van der Waals surface area (Å²) in [6, 6.07) is 12.1. The Balaban J connectivity index is 1.70. The zero-order chi connectivity index (χ0) is 19.9. The van der Waals surface area contributed by atoms with Crippen LogP contribution in [0.1, 0.15) is 16.7 Å². The summed E-state index contributed by atoms with van der Waals surface area (Å²) in [5, 5.41) is 14.8. The maximum atomic E-state index is 5.97. The maximum absolute atomic E-state index is 5.97. The van der Waals surface area contributed by atoms with Crippen LogP contribution in [0.15, 0.2) is 53.5 Å². The molecule has 146 valence electrons. The van der Waals surface area contributed by atoms with Crippen LogP contribution in [-0.2, 0) is 19.7 Å². The van der Waals surface area contributed by atoms with E-state index in [2.05, 4.69) is 74.5 Å². The summed E-state index contributed by atoms with van der Waals surface area (Å²) in [4.78, 5) is 0. The van der Waals surface area contributed by atoms with Crippen LogP contribution in [0.25, 0.3) is 0 Å². The molecule has 8 heteroatoms.